The van der Waals surface area contributed by atoms with E-state index < -0.39 is 0 Å². The van der Waals surface area contributed by atoms with Crippen LogP contribution in [0.3, 0.4) is 0 Å². The molecule has 2 N–H and O–H groups in total. The first kappa shape index (κ1) is 19.4. The third-order valence-electron chi connectivity index (χ3n) is 5.76. The van der Waals surface area contributed by atoms with Gasteiger partial charge < -0.3 is 9.88 Å². The van der Waals surface area contributed by atoms with E-state index in [1.165, 1.54) is 4.40 Å². The number of carbonyl (C=O) groups is 1. The Labute approximate surface area is 168 Å². The summed E-state index contributed by atoms with van der Waals surface area (Å²) in [4.78, 5) is 30.7. The molecular weight excluding hydrogens is 366 g/mol. The highest BCUT2D eigenvalue weighted by Gasteiger charge is 2.24. The van der Waals surface area contributed by atoms with E-state index in [0.29, 0.717) is 23.2 Å². The molecule has 152 valence electrons. The van der Waals surface area contributed by atoms with E-state index >= 15 is 0 Å². The molecule has 3 heterocycles. The first-order valence-corrected chi connectivity index (χ1v) is 10.5. The molecule has 0 saturated heterocycles. The maximum Gasteiger partial charge on any atom is 0.267 e. The van der Waals surface area contributed by atoms with Crippen LogP contribution in [0.15, 0.2) is 35.3 Å². The van der Waals surface area contributed by atoms with Crippen LogP contribution in [0.1, 0.15) is 68.3 Å². The van der Waals surface area contributed by atoms with E-state index in [4.69, 9.17) is 10.4 Å². The minimum Gasteiger partial charge on any atom is -0.352 e. The normalized spacial score (nSPS) is 14.7. The van der Waals surface area contributed by atoms with Crippen molar-refractivity contribution in [3.05, 3.63) is 51.9 Å². The summed E-state index contributed by atoms with van der Waals surface area (Å²) in [6.45, 7) is 2.69. The number of nitrogens with zero attached hydrogens (tertiary/aromatic N) is 3. The van der Waals surface area contributed by atoms with Gasteiger partial charge in [-0.05, 0) is 37.5 Å². The number of rotatable bonds is 6. The smallest absolute Gasteiger partial charge is 0.267 e. The van der Waals surface area contributed by atoms with Crippen molar-refractivity contribution in [3.63, 3.8) is 0 Å². The minimum atomic E-state index is -0.294. The number of aromatic nitrogens is 3. The van der Waals surface area contributed by atoms with Crippen molar-refractivity contribution in [2.45, 2.75) is 57.9 Å². The quantitative estimate of drug-likeness (QED) is 0.498. The Hall–Kier alpha value is -2.96. The van der Waals surface area contributed by atoms with Gasteiger partial charge >= 0.3 is 0 Å². The first-order chi connectivity index (χ1) is 14.1. The molecule has 0 aliphatic heterocycles. The lowest BCUT2D eigenvalue weighted by Crippen LogP contribution is -2.36. The second kappa shape index (κ2) is 8.19. The van der Waals surface area contributed by atoms with Crippen LogP contribution in [0.4, 0.5) is 0 Å². The van der Waals surface area contributed by atoms with E-state index in [1.54, 1.807) is 24.4 Å². The maximum atomic E-state index is 13.2. The molecule has 3 aromatic rings. The predicted molar refractivity (Wildman–Crippen MR) is 112 cm³/mol. The summed E-state index contributed by atoms with van der Waals surface area (Å²) in [6.07, 6.45) is 8.74. The fourth-order valence-electron chi connectivity index (χ4n) is 4.21. The molecule has 0 radical (unpaired) electrons. The minimum absolute atomic E-state index is 0.0934. The van der Waals surface area contributed by atoms with Gasteiger partial charge in [0.25, 0.3) is 11.5 Å². The SMILES string of the molecule is CCCCCNC(=O)c1cc2c(=O)n3ccccc3nc2n(C2CCCC2)c1=N. The van der Waals surface area contributed by atoms with Crippen LogP contribution in [-0.4, -0.2) is 26.4 Å². The summed E-state index contributed by atoms with van der Waals surface area (Å²) < 4.78 is 3.31. The fraction of sp³-hybridized carbons (Fsp3) is 0.455. The Kier molecular flexibility index (Phi) is 5.47. The Morgan fingerprint density at radius 3 is 2.83 bits per heavy atom. The van der Waals surface area contributed by atoms with Crippen LogP contribution in [-0.2, 0) is 0 Å². The highest BCUT2D eigenvalue weighted by molar-refractivity contribution is 5.96. The lowest BCUT2D eigenvalue weighted by Gasteiger charge is -2.19. The van der Waals surface area contributed by atoms with E-state index in [-0.39, 0.29) is 28.6 Å². The maximum absolute atomic E-state index is 13.2. The molecule has 1 fully saturated rings. The first-order valence-electron chi connectivity index (χ1n) is 10.5. The van der Waals surface area contributed by atoms with Gasteiger partial charge in [0, 0.05) is 18.8 Å². The van der Waals surface area contributed by atoms with E-state index in [2.05, 4.69) is 12.2 Å². The van der Waals surface area contributed by atoms with Crippen LogP contribution in [0.5, 0.6) is 0 Å². The number of unbranched alkanes of at least 4 members (excludes halogenated alkanes) is 2. The zero-order valence-corrected chi connectivity index (χ0v) is 16.8. The highest BCUT2D eigenvalue weighted by atomic mass is 16.1. The Balaban J connectivity index is 1.90. The van der Waals surface area contributed by atoms with Crippen LogP contribution in [0.25, 0.3) is 16.7 Å². The standard InChI is InChI=1S/C22H27N5O2/c1-2-3-7-12-24-21(28)16-14-17-20(27(19(16)23)15-9-4-5-10-15)25-18-11-6-8-13-26(18)22(17)29/h6,8,11,13-15,23H,2-5,7,9-10,12H2,1H3,(H,24,28). The molecule has 1 amide bonds. The molecule has 0 bridgehead atoms. The van der Waals surface area contributed by atoms with Crippen molar-refractivity contribution < 1.29 is 4.79 Å². The molecule has 0 spiro atoms. The Morgan fingerprint density at radius 1 is 1.28 bits per heavy atom. The number of hydrogen-bond donors (Lipinski definition) is 2. The van der Waals surface area contributed by atoms with Crippen molar-refractivity contribution in [1.29, 1.82) is 5.41 Å². The molecule has 0 unspecified atom stereocenters. The topological polar surface area (TPSA) is 92.2 Å². The highest BCUT2D eigenvalue weighted by Crippen LogP contribution is 2.30. The molecule has 4 rings (SSSR count). The van der Waals surface area contributed by atoms with Gasteiger partial charge in [-0.15, -0.1) is 0 Å². The molecule has 1 aliphatic carbocycles. The summed E-state index contributed by atoms with van der Waals surface area (Å²) in [5.41, 5.74) is 1.23. The monoisotopic (exact) mass is 393 g/mol. The fourth-order valence-corrected chi connectivity index (χ4v) is 4.21. The van der Waals surface area contributed by atoms with Crippen LogP contribution in [0, 0.1) is 5.41 Å². The van der Waals surface area contributed by atoms with E-state index in [1.807, 2.05) is 10.6 Å². The summed E-state index contributed by atoms with van der Waals surface area (Å²) >= 11 is 0. The average Bonchev–Trinajstić information content (AvgIpc) is 3.25. The molecule has 7 nitrogen and oxygen atoms in total. The number of fused-ring (bicyclic) bond motifs is 2. The second-order valence-corrected chi connectivity index (χ2v) is 7.76. The van der Waals surface area contributed by atoms with Gasteiger partial charge in [0.2, 0.25) is 0 Å². The molecule has 1 aliphatic rings. The number of hydrogen-bond acceptors (Lipinski definition) is 4. The van der Waals surface area contributed by atoms with Gasteiger partial charge in [-0.1, -0.05) is 38.7 Å². The third-order valence-corrected chi connectivity index (χ3v) is 5.76. The third kappa shape index (κ3) is 3.57. The van der Waals surface area contributed by atoms with Crippen LogP contribution >= 0.6 is 0 Å². The zero-order chi connectivity index (χ0) is 20.4. The van der Waals surface area contributed by atoms with E-state index in [9.17, 15) is 9.59 Å². The van der Waals surface area contributed by atoms with Gasteiger partial charge in [0.1, 0.15) is 16.8 Å². The molecule has 0 atom stereocenters. The van der Waals surface area contributed by atoms with Crippen molar-refractivity contribution >= 4 is 22.6 Å². The van der Waals surface area contributed by atoms with E-state index in [0.717, 1.165) is 44.9 Å². The van der Waals surface area contributed by atoms with Gasteiger partial charge in [0.15, 0.2) is 0 Å². The van der Waals surface area contributed by atoms with Crippen LogP contribution < -0.4 is 16.4 Å². The number of amides is 1. The van der Waals surface area contributed by atoms with Gasteiger partial charge in [-0.2, -0.15) is 0 Å². The lowest BCUT2D eigenvalue weighted by atomic mass is 10.1. The number of carbonyl (C=O) groups excluding carboxylic acids is 1. The summed E-state index contributed by atoms with van der Waals surface area (Å²) in [7, 11) is 0. The van der Waals surface area contributed by atoms with Crippen LogP contribution in [0.2, 0.25) is 0 Å². The summed E-state index contributed by atoms with van der Waals surface area (Å²) in [6, 6.07) is 7.06. The Morgan fingerprint density at radius 2 is 2.07 bits per heavy atom. The summed E-state index contributed by atoms with van der Waals surface area (Å²) in [5.74, 6) is -0.294. The van der Waals surface area contributed by atoms with Crippen molar-refractivity contribution in [1.82, 2.24) is 19.3 Å². The number of pyridine rings is 2. The van der Waals surface area contributed by atoms with Gasteiger partial charge in [-0.25, -0.2) is 4.98 Å². The molecule has 0 aromatic carbocycles. The van der Waals surface area contributed by atoms with Crippen molar-refractivity contribution in [2.24, 2.45) is 0 Å². The molecule has 3 aromatic heterocycles. The molecule has 29 heavy (non-hydrogen) atoms. The largest absolute Gasteiger partial charge is 0.352 e. The molecule has 1 saturated carbocycles. The van der Waals surface area contributed by atoms with Gasteiger partial charge in [0.05, 0.1) is 10.9 Å². The van der Waals surface area contributed by atoms with Crippen molar-refractivity contribution in [3.8, 4) is 0 Å². The van der Waals surface area contributed by atoms with Gasteiger partial charge in [-0.3, -0.25) is 19.4 Å². The molecule has 7 heteroatoms. The molecular formula is C22H27N5O2. The Bertz CT molecular complexity index is 1170. The predicted octanol–water partition coefficient (Wildman–Crippen LogP) is 3.16. The van der Waals surface area contributed by atoms with Crippen molar-refractivity contribution in [2.75, 3.05) is 6.54 Å². The average molecular weight is 393 g/mol. The zero-order valence-electron chi connectivity index (χ0n) is 16.8. The number of nitrogens with one attached hydrogen (secondary N) is 2. The second-order valence-electron chi connectivity index (χ2n) is 7.76. The summed E-state index contributed by atoms with van der Waals surface area (Å²) in [5, 5.41) is 12.1. The lowest BCUT2D eigenvalue weighted by molar-refractivity contribution is 0.0950.